The Hall–Kier alpha value is -1.62. The van der Waals surface area contributed by atoms with E-state index in [1.54, 1.807) is 15.8 Å². The maximum atomic E-state index is 12.7. The summed E-state index contributed by atoms with van der Waals surface area (Å²) >= 11 is 3.50. The topological polar surface area (TPSA) is 38.1 Å². The Morgan fingerprint density at radius 2 is 2.29 bits per heavy atom. The summed E-state index contributed by atoms with van der Waals surface area (Å²) in [6.45, 7) is 2.16. The minimum absolute atomic E-state index is 0.0389. The van der Waals surface area contributed by atoms with E-state index in [4.69, 9.17) is 0 Å². The van der Waals surface area contributed by atoms with Gasteiger partial charge in [0.2, 0.25) is 5.91 Å². The van der Waals surface area contributed by atoms with Crippen LogP contribution >= 0.6 is 15.9 Å². The molecule has 110 valence electrons. The van der Waals surface area contributed by atoms with Gasteiger partial charge in [-0.15, -0.1) is 0 Å². The number of aryl methyl sites for hydroxylation is 1. The van der Waals surface area contributed by atoms with Crippen LogP contribution in [0.2, 0.25) is 0 Å². The van der Waals surface area contributed by atoms with Crippen molar-refractivity contribution in [1.82, 2.24) is 9.78 Å². The van der Waals surface area contributed by atoms with Crippen LogP contribution < -0.4 is 4.90 Å². The minimum atomic E-state index is -0.0582. The van der Waals surface area contributed by atoms with Gasteiger partial charge in [0, 0.05) is 36.1 Å². The predicted octanol–water partition coefficient (Wildman–Crippen LogP) is 3.12. The Labute approximate surface area is 132 Å². The molecular formula is C16H18BrN3O. The maximum Gasteiger partial charge on any atom is 0.230 e. The SMILES string of the molecule is CN(C(=O)C1CC1(C)c1cccc(Br)c1)c1cnn(C)c1. The fraction of sp³-hybridized carbons (Fsp3) is 0.375. The number of halogens is 1. The number of nitrogens with zero attached hydrogens (tertiary/aromatic N) is 3. The smallest absolute Gasteiger partial charge is 0.230 e. The molecule has 0 N–H and O–H groups in total. The largest absolute Gasteiger partial charge is 0.312 e. The number of benzene rings is 1. The van der Waals surface area contributed by atoms with Crippen LogP contribution in [0.3, 0.4) is 0 Å². The van der Waals surface area contributed by atoms with E-state index in [9.17, 15) is 4.79 Å². The molecule has 0 aliphatic heterocycles. The van der Waals surface area contributed by atoms with Gasteiger partial charge in [-0.25, -0.2) is 0 Å². The van der Waals surface area contributed by atoms with Crippen molar-refractivity contribution in [2.45, 2.75) is 18.8 Å². The van der Waals surface area contributed by atoms with Crippen LogP contribution in [0.4, 0.5) is 5.69 Å². The summed E-state index contributed by atoms with van der Waals surface area (Å²) in [4.78, 5) is 14.4. The van der Waals surface area contributed by atoms with Crippen molar-refractivity contribution in [1.29, 1.82) is 0 Å². The fourth-order valence-corrected chi connectivity index (χ4v) is 3.23. The van der Waals surface area contributed by atoms with Crippen LogP contribution in [0.25, 0.3) is 0 Å². The zero-order valence-electron chi connectivity index (χ0n) is 12.4. The van der Waals surface area contributed by atoms with Gasteiger partial charge in [0.15, 0.2) is 0 Å². The van der Waals surface area contributed by atoms with Gasteiger partial charge in [0.05, 0.1) is 11.9 Å². The Morgan fingerprint density at radius 3 is 2.90 bits per heavy atom. The van der Waals surface area contributed by atoms with Crippen molar-refractivity contribution in [3.8, 4) is 0 Å². The molecule has 3 rings (SSSR count). The maximum absolute atomic E-state index is 12.7. The Balaban J connectivity index is 1.79. The molecule has 0 saturated heterocycles. The Bertz CT molecular complexity index is 696. The number of anilines is 1. The van der Waals surface area contributed by atoms with Gasteiger partial charge in [-0.2, -0.15) is 5.10 Å². The molecule has 2 atom stereocenters. The van der Waals surface area contributed by atoms with E-state index in [-0.39, 0.29) is 17.2 Å². The molecule has 21 heavy (non-hydrogen) atoms. The van der Waals surface area contributed by atoms with E-state index in [1.807, 2.05) is 32.4 Å². The molecular weight excluding hydrogens is 330 g/mol. The van der Waals surface area contributed by atoms with E-state index in [0.717, 1.165) is 16.6 Å². The summed E-state index contributed by atoms with van der Waals surface area (Å²) < 4.78 is 2.76. The quantitative estimate of drug-likeness (QED) is 0.855. The van der Waals surface area contributed by atoms with Crippen LogP contribution in [-0.4, -0.2) is 22.7 Å². The molecule has 2 aromatic rings. The molecule has 1 aliphatic carbocycles. The molecule has 4 nitrogen and oxygen atoms in total. The third-order valence-corrected chi connectivity index (χ3v) is 4.92. The highest BCUT2D eigenvalue weighted by atomic mass is 79.9. The summed E-state index contributed by atoms with van der Waals surface area (Å²) in [6.07, 6.45) is 4.47. The molecule has 1 amide bonds. The van der Waals surface area contributed by atoms with Crippen molar-refractivity contribution in [3.63, 3.8) is 0 Å². The number of aromatic nitrogens is 2. The second-order valence-corrected chi connectivity index (χ2v) is 6.87. The molecule has 1 heterocycles. The van der Waals surface area contributed by atoms with Gasteiger partial charge in [-0.1, -0.05) is 35.0 Å². The highest BCUT2D eigenvalue weighted by molar-refractivity contribution is 9.10. The third kappa shape index (κ3) is 2.50. The first-order valence-corrected chi connectivity index (χ1v) is 7.73. The number of hydrogen-bond acceptors (Lipinski definition) is 2. The lowest BCUT2D eigenvalue weighted by atomic mass is 9.95. The molecule has 1 aromatic heterocycles. The van der Waals surface area contributed by atoms with Crippen molar-refractivity contribution in [3.05, 3.63) is 46.7 Å². The molecule has 1 fully saturated rings. The van der Waals surface area contributed by atoms with Crippen LogP contribution in [-0.2, 0) is 17.3 Å². The Morgan fingerprint density at radius 1 is 1.52 bits per heavy atom. The molecule has 0 bridgehead atoms. The molecule has 0 radical (unpaired) electrons. The highest BCUT2D eigenvalue weighted by Crippen LogP contribution is 2.55. The van der Waals surface area contributed by atoms with Crippen molar-refractivity contribution in [2.24, 2.45) is 13.0 Å². The fourth-order valence-electron chi connectivity index (χ4n) is 2.83. The summed E-state index contributed by atoms with van der Waals surface area (Å²) in [5.74, 6) is 0.197. The Kier molecular flexibility index (Phi) is 3.40. The van der Waals surface area contributed by atoms with Crippen LogP contribution in [0, 0.1) is 5.92 Å². The number of rotatable bonds is 3. The number of carbonyl (C=O) groups excluding carboxylic acids is 1. The summed E-state index contributed by atoms with van der Waals surface area (Å²) in [5, 5.41) is 4.12. The molecule has 5 heteroatoms. The zero-order chi connectivity index (χ0) is 15.2. The summed E-state index contributed by atoms with van der Waals surface area (Å²) in [6, 6.07) is 8.24. The highest BCUT2D eigenvalue weighted by Gasteiger charge is 2.56. The standard InChI is InChI=1S/C16H18BrN3O/c1-16(11-5-4-6-12(17)7-11)8-14(16)15(21)20(3)13-9-18-19(2)10-13/h4-7,9-10,14H,8H2,1-3H3. The normalized spacial score (nSPS) is 23.9. The van der Waals surface area contributed by atoms with Crippen LogP contribution in [0.15, 0.2) is 41.1 Å². The van der Waals surface area contributed by atoms with Gasteiger partial charge in [-0.05, 0) is 24.1 Å². The minimum Gasteiger partial charge on any atom is -0.312 e. The second-order valence-electron chi connectivity index (χ2n) is 5.95. The average molecular weight is 348 g/mol. The lowest BCUT2D eigenvalue weighted by Crippen LogP contribution is -2.30. The van der Waals surface area contributed by atoms with E-state index < -0.39 is 0 Å². The molecule has 1 saturated carbocycles. The van der Waals surface area contributed by atoms with E-state index >= 15 is 0 Å². The van der Waals surface area contributed by atoms with Gasteiger partial charge in [0.25, 0.3) is 0 Å². The van der Waals surface area contributed by atoms with E-state index in [1.165, 1.54) is 5.56 Å². The van der Waals surface area contributed by atoms with Gasteiger partial charge >= 0.3 is 0 Å². The van der Waals surface area contributed by atoms with Gasteiger partial charge in [0.1, 0.15) is 0 Å². The lowest BCUT2D eigenvalue weighted by Gasteiger charge is -2.18. The van der Waals surface area contributed by atoms with E-state index in [2.05, 4.69) is 40.1 Å². The number of carbonyl (C=O) groups is 1. The van der Waals surface area contributed by atoms with Crippen molar-refractivity contribution >= 4 is 27.5 Å². The molecule has 1 aromatic carbocycles. The van der Waals surface area contributed by atoms with E-state index in [0.29, 0.717) is 0 Å². The number of amides is 1. The zero-order valence-corrected chi connectivity index (χ0v) is 14.0. The first-order chi connectivity index (χ1) is 9.91. The monoisotopic (exact) mass is 347 g/mol. The molecule has 0 spiro atoms. The summed E-state index contributed by atoms with van der Waals surface area (Å²) in [7, 11) is 3.67. The first-order valence-electron chi connectivity index (χ1n) is 6.94. The van der Waals surface area contributed by atoms with Gasteiger partial charge < -0.3 is 4.90 Å². The van der Waals surface area contributed by atoms with Crippen molar-refractivity contribution < 1.29 is 4.79 Å². The first kappa shape index (κ1) is 14.3. The molecule has 2 unspecified atom stereocenters. The second kappa shape index (κ2) is 4.98. The predicted molar refractivity (Wildman–Crippen MR) is 86.2 cm³/mol. The van der Waals surface area contributed by atoms with Crippen LogP contribution in [0.5, 0.6) is 0 Å². The van der Waals surface area contributed by atoms with Crippen molar-refractivity contribution in [2.75, 3.05) is 11.9 Å². The lowest BCUT2D eigenvalue weighted by molar-refractivity contribution is -0.119. The van der Waals surface area contributed by atoms with Crippen LogP contribution in [0.1, 0.15) is 18.9 Å². The number of hydrogen-bond donors (Lipinski definition) is 0. The summed E-state index contributed by atoms with van der Waals surface area (Å²) in [5.41, 5.74) is 2.00. The van der Waals surface area contributed by atoms with Gasteiger partial charge in [-0.3, -0.25) is 9.48 Å². The average Bonchev–Trinajstić information content (AvgIpc) is 2.97. The molecule has 1 aliphatic rings. The third-order valence-electron chi connectivity index (χ3n) is 4.43.